The lowest BCUT2D eigenvalue weighted by molar-refractivity contribution is -0.121. The van der Waals surface area contributed by atoms with Gasteiger partial charge >= 0.3 is 12.2 Å². The van der Waals surface area contributed by atoms with Gasteiger partial charge in [-0.2, -0.15) is 0 Å². The van der Waals surface area contributed by atoms with Crippen molar-refractivity contribution in [2.24, 2.45) is 0 Å². The summed E-state index contributed by atoms with van der Waals surface area (Å²) in [7, 11) is 0. The van der Waals surface area contributed by atoms with Gasteiger partial charge in [0.15, 0.2) is 12.6 Å². The predicted molar refractivity (Wildman–Crippen MR) is 246 cm³/mol. The summed E-state index contributed by atoms with van der Waals surface area (Å²) in [5.41, 5.74) is 6.41. The third kappa shape index (κ3) is 10.7. The summed E-state index contributed by atoms with van der Waals surface area (Å²) >= 11 is 0. The molecule has 1 unspecified atom stereocenters. The Morgan fingerprint density at radius 2 is 1.15 bits per heavy atom. The van der Waals surface area contributed by atoms with Gasteiger partial charge in [-0.1, -0.05) is 17.7 Å². The van der Waals surface area contributed by atoms with Crippen molar-refractivity contribution >= 4 is 40.5 Å². The van der Waals surface area contributed by atoms with E-state index >= 15 is 0 Å². The number of benzene rings is 2. The molecule has 4 fully saturated rings. The van der Waals surface area contributed by atoms with Gasteiger partial charge in [-0.25, -0.2) is 28.7 Å². The van der Waals surface area contributed by atoms with Crippen molar-refractivity contribution in [2.75, 3.05) is 33.2 Å². The molecule has 2 aliphatic heterocycles. The second-order valence-electron chi connectivity index (χ2n) is 19.0. The Bertz CT molecular complexity index is 2720. The highest BCUT2D eigenvalue weighted by Crippen LogP contribution is 2.45. The minimum absolute atomic E-state index is 0. The topological polar surface area (TPSA) is 215 Å². The molecule has 2 aromatic carbocycles. The number of imidazole rings is 2. The van der Waals surface area contributed by atoms with Crippen molar-refractivity contribution < 1.29 is 57.0 Å². The largest absolute Gasteiger partial charge is 0.443 e. The lowest BCUT2D eigenvalue weighted by Gasteiger charge is -2.21. The number of aromatic nitrogens is 6. The number of carbonyl (C=O) groups is 3. The molecule has 0 radical (unpaired) electrons. The normalized spacial score (nSPS) is 16.8. The van der Waals surface area contributed by atoms with Gasteiger partial charge in [0.2, 0.25) is 0 Å². The summed E-state index contributed by atoms with van der Waals surface area (Å²) in [4.78, 5) is 47.6. The molecule has 10 rings (SSSR count). The van der Waals surface area contributed by atoms with Gasteiger partial charge in [0.05, 0.1) is 59.9 Å². The zero-order valence-corrected chi connectivity index (χ0v) is 39.2. The molecule has 2 aliphatic carbocycles. The lowest BCUT2D eigenvalue weighted by atomic mass is 9.97. The molecule has 0 spiro atoms. The van der Waals surface area contributed by atoms with Crippen LogP contribution in [0.5, 0.6) is 0 Å². The Kier molecular flexibility index (Phi) is 14.3. The monoisotopic (exact) mass is 926 g/mol. The van der Waals surface area contributed by atoms with Crippen LogP contribution in [0.1, 0.15) is 143 Å². The van der Waals surface area contributed by atoms with E-state index in [9.17, 15) is 19.5 Å². The number of ether oxygens (including phenoxy) is 6. The van der Waals surface area contributed by atoms with Crippen LogP contribution >= 0.6 is 0 Å². The maximum atomic E-state index is 13.3. The fourth-order valence-corrected chi connectivity index (χ4v) is 8.07. The van der Waals surface area contributed by atoms with E-state index in [1.54, 1.807) is 10.6 Å². The molecule has 2 saturated carbocycles. The first-order valence-corrected chi connectivity index (χ1v) is 22.3. The molecule has 6 heterocycles. The fourth-order valence-electron chi connectivity index (χ4n) is 8.07. The third-order valence-electron chi connectivity index (χ3n) is 11.2. The maximum absolute atomic E-state index is 13.3. The molecule has 4 aromatic heterocycles. The Morgan fingerprint density at radius 3 is 1.54 bits per heavy atom. The highest BCUT2D eigenvalue weighted by Gasteiger charge is 2.37. The Hall–Kier alpha value is -5.79. The number of rotatable bonds is 7. The van der Waals surface area contributed by atoms with Crippen LogP contribution in [0.4, 0.5) is 9.59 Å². The average molecular weight is 927 g/mol. The first-order valence-electron chi connectivity index (χ1n) is 22.3. The van der Waals surface area contributed by atoms with Crippen LogP contribution in [0.25, 0.3) is 44.3 Å². The van der Waals surface area contributed by atoms with Crippen molar-refractivity contribution in [1.82, 2.24) is 29.4 Å². The zero-order chi connectivity index (χ0) is 47.2. The van der Waals surface area contributed by atoms with Crippen molar-refractivity contribution in [2.45, 2.75) is 138 Å². The zero-order valence-electron chi connectivity index (χ0n) is 39.2. The van der Waals surface area contributed by atoms with Gasteiger partial charge in [0.1, 0.15) is 47.3 Å². The van der Waals surface area contributed by atoms with Crippen molar-refractivity contribution in [1.29, 1.82) is 0 Å². The van der Waals surface area contributed by atoms with Gasteiger partial charge in [0, 0.05) is 34.1 Å². The van der Waals surface area contributed by atoms with Gasteiger partial charge < -0.3 is 42.6 Å². The van der Waals surface area contributed by atoms with Crippen molar-refractivity contribution in [3.63, 3.8) is 0 Å². The van der Waals surface area contributed by atoms with Crippen LogP contribution in [0.3, 0.4) is 0 Å². The minimum atomic E-state index is -1.08. The SMILES string of the molecule is C.C1COCO1.Cc1noc(C)c1-c1cc(C(O)C2OCCO2)c2nc(C3CC3)n(C(=O)OC(C)(C)C)c2c1.Cc1noc(C)c1-c1cc(C=O)c2nc(C3CC3)n(C(=O)OC(C)(C)C)c2c1. The Balaban J connectivity index is 0.000000179. The first-order chi connectivity index (χ1) is 31.3. The fraction of sp³-hybridized carbons (Fsp3) is 0.531. The molecule has 0 bridgehead atoms. The molecule has 2 saturated heterocycles. The molecule has 4 aliphatic rings. The molecular formula is C49H62N6O12. The second kappa shape index (κ2) is 19.4. The molecule has 6 aromatic rings. The molecule has 67 heavy (non-hydrogen) atoms. The first kappa shape index (κ1) is 49.1. The third-order valence-corrected chi connectivity index (χ3v) is 11.2. The highest BCUT2D eigenvalue weighted by molar-refractivity contribution is 6.01. The summed E-state index contributed by atoms with van der Waals surface area (Å²) < 4.78 is 45.7. The molecule has 18 heteroatoms. The Morgan fingerprint density at radius 1 is 0.701 bits per heavy atom. The van der Waals surface area contributed by atoms with Gasteiger partial charge in [0.25, 0.3) is 0 Å². The highest BCUT2D eigenvalue weighted by atomic mass is 16.7. The summed E-state index contributed by atoms with van der Waals surface area (Å²) in [6.45, 7) is 21.2. The van der Waals surface area contributed by atoms with E-state index in [1.807, 2.05) is 87.4 Å². The maximum Gasteiger partial charge on any atom is 0.420 e. The van der Waals surface area contributed by atoms with E-state index in [2.05, 4.69) is 15.3 Å². The van der Waals surface area contributed by atoms with Gasteiger partial charge in [-0.15, -0.1) is 0 Å². The average Bonchev–Trinajstić information content (AvgIpc) is 3.77. The number of aliphatic hydroxyl groups excluding tert-OH is 1. The standard InChI is InChI=1S/C24H29N3O6.C21H23N3O4.C3H6O2.CH4/c1-12-18(13(2)33-26-12)15-10-16(20(28)22-30-8-9-31-22)19-17(11-15)27(21(25-19)14-6-7-14)23(29)32-24(3,4)5;1-11-17(12(2)28-23-11)14-8-15(10-25)18-16(9-14)24(19(22-18)13-6-7-13)20(26)27-21(3,4)5;1-2-5-3-4-1;/h10-11,14,20,22,28H,6-9H2,1-5H3;8-10,13H,6-7H2,1-5H3;1-3H2;1H4. The van der Waals surface area contributed by atoms with Crippen LogP contribution in [-0.2, 0) is 28.4 Å². The quantitative estimate of drug-likeness (QED) is 0.147. The molecule has 360 valence electrons. The van der Waals surface area contributed by atoms with E-state index < -0.39 is 35.8 Å². The molecule has 1 N–H and O–H groups in total. The number of aryl methyl sites for hydroxylation is 4. The number of hydrogen-bond acceptors (Lipinski definition) is 16. The Labute approximate surface area is 389 Å². The molecule has 0 amide bonds. The van der Waals surface area contributed by atoms with Crippen molar-refractivity contribution in [3.05, 3.63) is 69.9 Å². The van der Waals surface area contributed by atoms with Gasteiger partial charge in [-0.05, 0) is 130 Å². The predicted octanol–water partition coefficient (Wildman–Crippen LogP) is 9.78. The summed E-state index contributed by atoms with van der Waals surface area (Å²) in [6.07, 6.45) is 1.77. The van der Waals surface area contributed by atoms with Gasteiger partial charge in [-0.3, -0.25) is 4.79 Å². The number of hydrogen-bond donors (Lipinski definition) is 1. The number of aliphatic hydroxyl groups is 1. The van der Waals surface area contributed by atoms with Crippen LogP contribution in [-0.4, -0.2) is 104 Å². The van der Waals surface area contributed by atoms with Crippen LogP contribution in [0, 0.1) is 27.7 Å². The number of carbonyl (C=O) groups excluding carboxylic acids is 3. The summed E-state index contributed by atoms with van der Waals surface area (Å²) in [6, 6.07) is 7.37. The van der Waals surface area contributed by atoms with E-state index in [0.29, 0.717) is 82.1 Å². The molecule has 1 atom stereocenters. The minimum Gasteiger partial charge on any atom is -0.443 e. The van der Waals surface area contributed by atoms with E-state index in [1.165, 1.54) is 4.57 Å². The summed E-state index contributed by atoms with van der Waals surface area (Å²) in [5.74, 6) is 2.99. The van der Waals surface area contributed by atoms with Crippen molar-refractivity contribution in [3.8, 4) is 22.3 Å². The number of nitrogens with zero attached hydrogens (tertiary/aromatic N) is 6. The van der Waals surface area contributed by atoms with E-state index in [4.69, 9.17) is 42.5 Å². The smallest absolute Gasteiger partial charge is 0.420 e. The van der Waals surface area contributed by atoms with Crippen LogP contribution in [0.15, 0.2) is 33.3 Å². The number of aldehydes is 1. The molecular weight excluding hydrogens is 865 g/mol. The second-order valence-corrected chi connectivity index (χ2v) is 19.0. The van der Waals surface area contributed by atoms with Crippen LogP contribution in [0.2, 0.25) is 0 Å². The van der Waals surface area contributed by atoms with E-state index in [-0.39, 0.29) is 19.3 Å². The lowest BCUT2D eigenvalue weighted by Crippen LogP contribution is -2.28. The van der Waals surface area contributed by atoms with E-state index in [0.717, 1.165) is 73.1 Å². The summed E-state index contributed by atoms with van der Waals surface area (Å²) in [5, 5.41) is 19.3. The van der Waals surface area contributed by atoms with Crippen LogP contribution < -0.4 is 0 Å². The molecule has 18 nitrogen and oxygen atoms in total. The number of fused-ring (bicyclic) bond motifs is 2.